The fourth-order valence-electron chi connectivity index (χ4n) is 2.65. The SMILES string of the molecule is Cc1ncsc1CN(C)CC(C)(C)C(O)c1ccccc1. The van der Waals surface area contributed by atoms with Crippen LogP contribution in [0.5, 0.6) is 0 Å². The van der Waals surface area contributed by atoms with Gasteiger partial charge in [-0.3, -0.25) is 0 Å². The first-order valence-corrected chi connectivity index (χ1v) is 8.08. The average Bonchev–Trinajstić information content (AvgIpc) is 2.83. The number of aliphatic hydroxyl groups excluding tert-OH is 1. The van der Waals surface area contributed by atoms with Gasteiger partial charge in [-0.1, -0.05) is 44.2 Å². The highest BCUT2D eigenvalue weighted by atomic mass is 32.1. The van der Waals surface area contributed by atoms with Crippen LogP contribution in [-0.4, -0.2) is 28.6 Å². The summed E-state index contributed by atoms with van der Waals surface area (Å²) in [5.74, 6) is 0. The van der Waals surface area contributed by atoms with Gasteiger partial charge in [0.15, 0.2) is 0 Å². The van der Waals surface area contributed by atoms with Crippen molar-refractivity contribution in [3.8, 4) is 0 Å². The van der Waals surface area contributed by atoms with Crippen molar-refractivity contribution in [2.75, 3.05) is 13.6 Å². The summed E-state index contributed by atoms with van der Waals surface area (Å²) in [6, 6.07) is 9.89. The third-order valence-electron chi connectivity index (χ3n) is 3.79. The quantitative estimate of drug-likeness (QED) is 0.885. The Morgan fingerprint density at radius 1 is 1.29 bits per heavy atom. The smallest absolute Gasteiger partial charge is 0.0853 e. The molecule has 3 nitrogen and oxygen atoms in total. The molecule has 4 heteroatoms. The number of thiazole rings is 1. The molecule has 0 saturated carbocycles. The zero-order valence-electron chi connectivity index (χ0n) is 13.2. The van der Waals surface area contributed by atoms with Gasteiger partial charge in [0.2, 0.25) is 0 Å². The zero-order valence-corrected chi connectivity index (χ0v) is 14.0. The van der Waals surface area contributed by atoms with E-state index in [4.69, 9.17) is 0 Å². The van der Waals surface area contributed by atoms with Crippen molar-refractivity contribution in [2.45, 2.75) is 33.4 Å². The Kier molecular flexibility index (Phi) is 5.14. The highest BCUT2D eigenvalue weighted by molar-refractivity contribution is 7.09. The molecule has 1 aromatic heterocycles. The van der Waals surface area contributed by atoms with Crippen LogP contribution in [-0.2, 0) is 6.54 Å². The van der Waals surface area contributed by atoms with Gasteiger partial charge in [0.05, 0.1) is 17.3 Å². The third-order valence-corrected chi connectivity index (χ3v) is 4.71. The van der Waals surface area contributed by atoms with Gasteiger partial charge in [0.25, 0.3) is 0 Å². The molecule has 0 spiro atoms. The van der Waals surface area contributed by atoms with Crippen molar-refractivity contribution in [1.82, 2.24) is 9.88 Å². The van der Waals surface area contributed by atoms with E-state index >= 15 is 0 Å². The van der Waals surface area contributed by atoms with E-state index in [0.717, 1.165) is 24.3 Å². The van der Waals surface area contributed by atoms with Crippen molar-refractivity contribution in [2.24, 2.45) is 5.41 Å². The molecule has 1 heterocycles. The molecule has 1 aromatic carbocycles. The van der Waals surface area contributed by atoms with Gasteiger partial charge in [-0.25, -0.2) is 4.98 Å². The highest BCUT2D eigenvalue weighted by Gasteiger charge is 2.30. The van der Waals surface area contributed by atoms with Crippen LogP contribution >= 0.6 is 11.3 Å². The van der Waals surface area contributed by atoms with Crippen LogP contribution in [0.3, 0.4) is 0 Å². The molecule has 0 aliphatic carbocycles. The van der Waals surface area contributed by atoms with Crippen LogP contribution in [0.1, 0.15) is 36.1 Å². The van der Waals surface area contributed by atoms with Crippen LogP contribution in [0, 0.1) is 12.3 Å². The number of aryl methyl sites for hydroxylation is 1. The van der Waals surface area contributed by atoms with E-state index in [1.165, 1.54) is 4.88 Å². The largest absolute Gasteiger partial charge is 0.388 e. The predicted octanol–water partition coefficient (Wildman–Crippen LogP) is 3.64. The zero-order chi connectivity index (χ0) is 15.5. The van der Waals surface area contributed by atoms with Crippen molar-refractivity contribution >= 4 is 11.3 Å². The summed E-state index contributed by atoms with van der Waals surface area (Å²) < 4.78 is 0. The molecule has 0 bridgehead atoms. The predicted molar refractivity (Wildman–Crippen MR) is 88.4 cm³/mol. The number of aliphatic hydroxyl groups is 1. The molecule has 0 saturated heterocycles. The maximum Gasteiger partial charge on any atom is 0.0853 e. The second kappa shape index (κ2) is 6.69. The molecule has 21 heavy (non-hydrogen) atoms. The van der Waals surface area contributed by atoms with E-state index in [1.807, 2.05) is 42.8 Å². The molecule has 1 atom stereocenters. The molecule has 0 radical (unpaired) electrons. The lowest BCUT2D eigenvalue weighted by atomic mass is 9.82. The lowest BCUT2D eigenvalue weighted by Crippen LogP contribution is -2.35. The lowest BCUT2D eigenvalue weighted by molar-refractivity contribution is 0.0245. The first-order chi connectivity index (χ1) is 9.90. The Balaban J connectivity index is 2.01. The number of hydrogen-bond donors (Lipinski definition) is 1. The van der Waals surface area contributed by atoms with E-state index in [-0.39, 0.29) is 5.41 Å². The first kappa shape index (κ1) is 16.1. The van der Waals surface area contributed by atoms with Crippen molar-refractivity contribution in [3.63, 3.8) is 0 Å². The number of aromatic nitrogens is 1. The van der Waals surface area contributed by atoms with Gasteiger partial charge in [-0.15, -0.1) is 11.3 Å². The molecule has 0 fully saturated rings. The van der Waals surface area contributed by atoms with Crippen LogP contribution in [0.2, 0.25) is 0 Å². The molecule has 0 aliphatic heterocycles. The maximum absolute atomic E-state index is 10.6. The van der Waals surface area contributed by atoms with Gasteiger partial charge in [0.1, 0.15) is 0 Å². The van der Waals surface area contributed by atoms with E-state index in [2.05, 4.69) is 30.8 Å². The van der Waals surface area contributed by atoms with Gasteiger partial charge >= 0.3 is 0 Å². The molecule has 2 aromatic rings. The Morgan fingerprint density at radius 3 is 2.52 bits per heavy atom. The Bertz CT molecular complexity index is 565. The molecular weight excluding hydrogens is 280 g/mol. The van der Waals surface area contributed by atoms with Gasteiger partial charge in [0, 0.05) is 23.4 Å². The second-order valence-electron chi connectivity index (χ2n) is 6.34. The molecule has 0 amide bonds. The van der Waals surface area contributed by atoms with Crippen molar-refractivity contribution in [1.29, 1.82) is 0 Å². The summed E-state index contributed by atoms with van der Waals surface area (Å²) >= 11 is 1.69. The average molecular weight is 304 g/mol. The van der Waals surface area contributed by atoms with E-state index in [1.54, 1.807) is 11.3 Å². The first-order valence-electron chi connectivity index (χ1n) is 7.20. The Morgan fingerprint density at radius 2 is 1.95 bits per heavy atom. The topological polar surface area (TPSA) is 36.4 Å². The number of benzene rings is 1. The van der Waals surface area contributed by atoms with Gasteiger partial charge in [-0.05, 0) is 19.5 Å². The maximum atomic E-state index is 10.6. The molecule has 2 rings (SSSR count). The van der Waals surface area contributed by atoms with Crippen LogP contribution in [0.25, 0.3) is 0 Å². The Labute approximate surface area is 131 Å². The monoisotopic (exact) mass is 304 g/mol. The van der Waals surface area contributed by atoms with Gasteiger partial charge < -0.3 is 10.0 Å². The normalized spacial score (nSPS) is 13.6. The van der Waals surface area contributed by atoms with Gasteiger partial charge in [-0.2, -0.15) is 0 Å². The number of rotatable bonds is 6. The second-order valence-corrected chi connectivity index (χ2v) is 7.27. The summed E-state index contributed by atoms with van der Waals surface area (Å²) in [7, 11) is 2.10. The number of nitrogens with zero attached hydrogens (tertiary/aromatic N) is 2. The van der Waals surface area contributed by atoms with E-state index < -0.39 is 6.10 Å². The number of hydrogen-bond acceptors (Lipinski definition) is 4. The van der Waals surface area contributed by atoms with Crippen LogP contribution in [0.4, 0.5) is 0 Å². The molecular formula is C17H24N2OS. The minimum atomic E-state index is -0.469. The fraction of sp³-hybridized carbons (Fsp3) is 0.471. The van der Waals surface area contributed by atoms with Crippen molar-refractivity contribution in [3.05, 3.63) is 52.0 Å². The van der Waals surface area contributed by atoms with Crippen LogP contribution < -0.4 is 0 Å². The summed E-state index contributed by atoms with van der Waals surface area (Å²) in [5, 5.41) is 10.6. The summed E-state index contributed by atoms with van der Waals surface area (Å²) in [5.41, 5.74) is 3.76. The Hall–Kier alpha value is -1.23. The van der Waals surface area contributed by atoms with E-state index in [0.29, 0.717) is 0 Å². The third kappa shape index (κ3) is 4.13. The molecule has 1 N–H and O–H groups in total. The highest BCUT2D eigenvalue weighted by Crippen LogP contribution is 2.34. The summed E-state index contributed by atoms with van der Waals surface area (Å²) in [6.07, 6.45) is -0.469. The standard InChI is InChI=1S/C17H24N2OS/c1-13-15(21-12-18-13)10-19(4)11-17(2,3)16(20)14-8-6-5-7-9-14/h5-9,12,16,20H,10-11H2,1-4H3. The van der Waals surface area contributed by atoms with E-state index in [9.17, 15) is 5.11 Å². The minimum absolute atomic E-state index is 0.214. The lowest BCUT2D eigenvalue weighted by Gasteiger charge is -2.34. The summed E-state index contributed by atoms with van der Waals surface area (Å²) in [4.78, 5) is 7.84. The summed E-state index contributed by atoms with van der Waals surface area (Å²) in [6.45, 7) is 7.97. The minimum Gasteiger partial charge on any atom is -0.388 e. The fourth-order valence-corrected chi connectivity index (χ4v) is 3.50. The molecule has 1 unspecified atom stereocenters. The molecule has 114 valence electrons. The van der Waals surface area contributed by atoms with Crippen LogP contribution in [0.15, 0.2) is 35.8 Å². The molecule has 0 aliphatic rings. The van der Waals surface area contributed by atoms with Crippen molar-refractivity contribution < 1.29 is 5.11 Å².